The minimum atomic E-state index is -0.259. The summed E-state index contributed by atoms with van der Waals surface area (Å²) >= 11 is 0. The smallest absolute Gasteiger partial charge is 0.244 e. The predicted octanol–water partition coefficient (Wildman–Crippen LogP) is 2.68. The second-order valence-corrected chi connectivity index (χ2v) is 5.60. The Morgan fingerprint density at radius 1 is 1.40 bits per heavy atom. The van der Waals surface area contributed by atoms with E-state index in [1.807, 2.05) is 37.3 Å². The summed E-state index contributed by atoms with van der Waals surface area (Å²) in [5, 5.41) is 12.7. The molecule has 0 aliphatic heterocycles. The van der Waals surface area contributed by atoms with Crippen LogP contribution in [0, 0.1) is 12.8 Å². The first-order valence-corrected chi connectivity index (χ1v) is 7.36. The third-order valence-electron chi connectivity index (χ3n) is 3.88. The predicted molar refractivity (Wildman–Crippen MR) is 81.2 cm³/mol. The van der Waals surface area contributed by atoms with Crippen LogP contribution < -0.4 is 5.32 Å². The average molecular weight is 273 g/mol. The van der Waals surface area contributed by atoms with Crippen LogP contribution in [0.3, 0.4) is 0 Å². The van der Waals surface area contributed by atoms with Gasteiger partial charge in [0.15, 0.2) is 0 Å². The summed E-state index contributed by atoms with van der Waals surface area (Å²) in [6.07, 6.45) is 7.23. The molecule has 1 fully saturated rings. The van der Waals surface area contributed by atoms with Gasteiger partial charge in [-0.2, -0.15) is 0 Å². The van der Waals surface area contributed by atoms with E-state index >= 15 is 0 Å². The van der Waals surface area contributed by atoms with Crippen LogP contribution in [0.15, 0.2) is 30.3 Å². The van der Waals surface area contributed by atoms with E-state index in [0.29, 0.717) is 6.54 Å². The monoisotopic (exact) mass is 273 g/mol. The third kappa shape index (κ3) is 4.49. The number of aliphatic hydroxyl groups is 1. The lowest BCUT2D eigenvalue weighted by Crippen LogP contribution is -2.36. The number of benzene rings is 1. The molecule has 1 saturated carbocycles. The zero-order valence-corrected chi connectivity index (χ0v) is 12.0. The van der Waals surface area contributed by atoms with Gasteiger partial charge < -0.3 is 10.4 Å². The van der Waals surface area contributed by atoms with E-state index in [-0.39, 0.29) is 17.9 Å². The minimum Gasteiger partial charge on any atom is -0.393 e. The van der Waals surface area contributed by atoms with Gasteiger partial charge in [-0.25, -0.2) is 0 Å². The molecule has 1 aromatic rings. The van der Waals surface area contributed by atoms with Gasteiger partial charge >= 0.3 is 0 Å². The van der Waals surface area contributed by atoms with Crippen molar-refractivity contribution in [1.29, 1.82) is 0 Å². The highest BCUT2D eigenvalue weighted by Crippen LogP contribution is 2.23. The summed E-state index contributed by atoms with van der Waals surface area (Å²) in [6, 6.07) is 8.02. The molecule has 2 rings (SSSR count). The Labute approximate surface area is 120 Å². The van der Waals surface area contributed by atoms with E-state index in [4.69, 9.17) is 0 Å². The maximum atomic E-state index is 11.8. The Bertz CT molecular complexity index is 482. The number of carbonyl (C=O) groups is 1. The second-order valence-electron chi connectivity index (χ2n) is 5.60. The van der Waals surface area contributed by atoms with Crippen molar-refractivity contribution in [3.63, 3.8) is 0 Å². The molecular formula is C17H23NO2. The Kier molecular flexibility index (Phi) is 5.36. The number of nitrogens with one attached hydrogen (secondary N) is 1. The lowest BCUT2D eigenvalue weighted by molar-refractivity contribution is -0.116. The van der Waals surface area contributed by atoms with E-state index in [9.17, 15) is 9.90 Å². The number of hydrogen-bond donors (Lipinski definition) is 2. The minimum absolute atomic E-state index is 0.0933. The maximum absolute atomic E-state index is 11.8. The molecule has 1 amide bonds. The normalized spacial score (nSPS) is 22.9. The first kappa shape index (κ1) is 14.8. The number of carbonyl (C=O) groups excluding carboxylic acids is 1. The lowest BCUT2D eigenvalue weighted by Gasteiger charge is -2.27. The largest absolute Gasteiger partial charge is 0.393 e. The maximum Gasteiger partial charge on any atom is 0.244 e. The molecular weight excluding hydrogens is 250 g/mol. The molecule has 20 heavy (non-hydrogen) atoms. The summed E-state index contributed by atoms with van der Waals surface area (Å²) in [7, 11) is 0. The van der Waals surface area contributed by atoms with Gasteiger partial charge in [0.25, 0.3) is 0 Å². The molecule has 1 aliphatic carbocycles. The Morgan fingerprint density at radius 3 is 2.95 bits per heavy atom. The molecule has 0 aromatic heterocycles. The van der Waals surface area contributed by atoms with Crippen molar-refractivity contribution in [3.8, 4) is 0 Å². The summed E-state index contributed by atoms with van der Waals surface area (Å²) in [6.45, 7) is 2.60. The van der Waals surface area contributed by atoms with Crippen molar-refractivity contribution in [1.82, 2.24) is 5.32 Å². The van der Waals surface area contributed by atoms with Crippen LogP contribution in [0.25, 0.3) is 6.08 Å². The molecule has 1 aromatic carbocycles. The first-order chi connectivity index (χ1) is 9.65. The number of aliphatic hydroxyl groups excluding tert-OH is 1. The summed E-state index contributed by atoms with van der Waals surface area (Å²) in [5.41, 5.74) is 2.20. The fourth-order valence-corrected chi connectivity index (χ4v) is 2.66. The highest BCUT2D eigenvalue weighted by Gasteiger charge is 2.22. The van der Waals surface area contributed by atoms with Crippen LogP contribution in [0.4, 0.5) is 0 Å². The zero-order chi connectivity index (χ0) is 14.4. The van der Waals surface area contributed by atoms with Crippen molar-refractivity contribution in [2.24, 2.45) is 5.92 Å². The van der Waals surface area contributed by atoms with Crippen LogP contribution in [-0.2, 0) is 4.79 Å². The van der Waals surface area contributed by atoms with Crippen molar-refractivity contribution in [3.05, 3.63) is 41.5 Å². The van der Waals surface area contributed by atoms with Gasteiger partial charge in [0.05, 0.1) is 6.10 Å². The van der Waals surface area contributed by atoms with Crippen LogP contribution in [-0.4, -0.2) is 23.7 Å². The summed E-state index contributed by atoms with van der Waals surface area (Å²) < 4.78 is 0. The van der Waals surface area contributed by atoms with E-state index in [1.165, 1.54) is 5.56 Å². The van der Waals surface area contributed by atoms with Crippen LogP contribution in [0.5, 0.6) is 0 Å². The Hall–Kier alpha value is -1.61. The van der Waals surface area contributed by atoms with E-state index in [1.54, 1.807) is 6.08 Å². The Balaban J connectivity index is 1.80. The van der Waals surface area contributed by atoms with Crippen LogP contribution in [0.1, 0.15) is 36.8 Å². The molecule has 0 heterocycles. The van der Waals surface area contributed by atoms with Gasteiger partial charge in [0.1, 0.15) is 0 Å². The second kappa shape index (κ2) is 7.25. The van der Waals surface area contributed by atoms with Gasteiger partial charge in [-0.15, -0.1) is 0 Å². The molecule has 3 heteroatoms. The molecule has 2 N–H and O–H groups in total. The first-order valence-electron chi connectivity index (χ1n) is 7.36. The van der Waals surface area contributed by atoms with Gasteiger partial charge in [-0.1, -0.05) is 42.7 Å². The molecule has 0 saturated heterocycles. The van der Waals surface area contributed by atoms with Crippen LogP contribution >= 0.6 is 0 Å². The van der Waals surface area contributed by atoms with Crippen molar-refractivity contribution >= 4 is 12.0 Å². The SMILES string of the molecule is Cc1cccc(C=CC(=O)NCC2CCCCC2O)c1. The molecule has 1 aliphatic rings. The van der Waals surface area contributed by atoms with Crippen molar-refractivity contribution < 1.29 is 9.90 Å². The van der Waals surface area contributed by atoms with Gasteiger partial charge in [0.2, 0.25) is 5.91 Å². The fourth-order valence-electron chi connectivity index (χ4n) is 2.66. The molecule has 2 atom stereocenters. The van der Waals surface area contributed by atoms with E-state index in [0.717, 1.165) is 31.2 Å². The summed E-state index contributed by atoms with van der Waals surface area (Å²) in [5.74, 6) is 0.115. The number of hydrogen-bond acceptors (Lipinski definition) is 2. The van der Waals surface area contributed by atoms with Gasteiger partial charge in [-0.3, -0.25) is 4.79 Å². The molecule has 0 bridgehead atoms. The lowest BCUT2D eigenvalue weighted by atomic mass is 9.86. The third-order valence-corrected chi connectivity index (χ3v) is 3.88. The van der Waals surface area contributed by atoms with Crippen LogP contribution in [0.2, 0.25) is 0 Å². The standard InChI is InChI=1S/C17H23NO2/c1-13-5-4-6-14(11-13)9-10-17(20)18-12-15-7-2-3-8-16(15)19/h4-6,9-11,15-16,19H,2-3,7-8,12H2,1H3,(H,18,20). The molecule has 2 unspecified atom stereocenters. The quantitative estimate of drug-likeness (QED) is 0.829. The zero-order valence-electron chi connectivity index (χ0n) is 12.0. The number of rotatable bonds is 4. The van der Waals surface area contributed by atoms with Crippen molar-refractivity contribution in [2.75, 3.05) is 6.54 Å². The highest BCUT2D eigenvalue weighted by molar-refractivity contribution is 5.91. The van der Waals surface area contributed by atoms with E-state index < -0.39 is 0 Å². The topological polar surface area (TPSA) is 49.3 Å². The average Bonchev–Trinajstić information content (AvgIpc) is 2.44. The fraction of sp³-hybridized carbons (Fsp3) is 0.471. The van der Waals surface area contributed by atoms with Gasteiger partial charge in [0, 0.05) is 18.5 Å². The number of aryl methyl sites for hydroxylation is 1. The van der Waals surface area contributed by atoms with Crippen molar-refractivity contribution in [2.45, 2.75) is 38.7 Å². The Morgan fingerprint density at radius 2 is 2.20 bits per heavy atom. The molecule has 3 nitrogen and oxygen atoms in total. The molecule has 0 spiro atoms. The van der Waals surface area contributed by atoms with Gasteiger partial charge in [-0.05, 0) is 31.4 Å². The number of amides is 1. The molecule has 108 valence electrons. The van der Waals surface area contributed by atoms with E-state index in [2.05, 4.69) is 5.32 Å². The molecule has 0 radical (unpaired) electrons. The summed E-state index contributed by atoms with van der Waals surface area (Å²) in [4.78, 5) is 11.8. The highest BCUT2D eigenvalue weighted by atomic mass is 16.3.